The molecule has 0 saturated heterocycles. The number of halogens is 2. The number of rotatable bonds is 8. The number of hydrogen-bond donors (Lipinski definition) is 2. The molecule has 2 N–H and O–H groups in total. The van der Waals surface area contributed by atoms with Crippen molar-refractivity contribution in [1.82, 2.24) is 25.1 Å². The number of benzene rings is 1. The van der Waals surface area contributed by atoms with Crippen LogP contribution in [-0.2, 0) is 6.54 Å². The highest BCUT2D eigenvalue weighted by Crippen LogP contribution is 2.25. The number of thioether (sulfide) groups is 1. The fraction of sp³-hybridized carbons (Fsp3) is 0.368. The van der Waals surface area contributed by atoms with Crippen molar-refractivity contribution in [3.05, 3.63) is 40.0 Å². The monoisotopic (exact) mass is 452 g/mol. The van der Waals surface area contributed by atoms with Crippen molar-refractivity contribution in [1.29, 1.82) is 0 Å². The van der Waals surface area contributed by atoms with Gasteiger partial charge in [-0.25, -0.2) is 14.6 Å². The van der Waals surface area contributed by atoms with Gasteiger partial charge in [0.15, 0.2) is 10.8 Å². The molecule has 0 aliphatic heterocycles. The summed E-state index contributed by atoms with van der Waals surface area (Å²) in [6, 6.07) is 5.03. The summed E-state index contributed by atoms with van der Waals surface area (Å²) in [6.07, 6.45) is 1.75. The van der Waals surface area contributed by atoms with Gasteiger partial charge in [-0.3, -0.25) is 4.79 Å². The number of carbonyl (C=O) groups is 1. The summed E-state index contributed by atoms with van der Waals surface area (Å²) in [5.41, 5.74) is 1.08. The second kappa shape index (κ2) is 9.65. The molecule has 0 aliphatic rings. The van der Waals surface area contributed by atoms with Crippen molar-refractivity contribution in [2.45, 2.75) is 38.5 Å². The first-order chi connectivity index (χ1) is 13.9. The van der Waals surface area contributed by atoms with Gasteiger partial charge >= 0.3 is 0 Å². The molecule has 0 radical (unpaired) electrons. The van der Waals surface area contributed by atoms with Gasteiger partial charge in [-0.1, -0.05) is 41.9 Å². The second-order valence-electron chi connectivity index (χ2n) is 6.57. The molecule has 29 heavy (non-hydrogen) atoms. The van der Waals surface area contributed by atoms with Gasteiger partial charge in [0.1, 0.15) is 5.82 Å². The fourth-order valence-corrected chi connectivity index (χ4v) is 3.66. The number of carbonyl (C=O) groups excluding carboxylic acids is 1. The van der Waals surface area contributed by atoms with Crippen molar-refractivity contribution >= 4 is 57.7 Å². The van der Waals surface area contributed by atoms with Crippen LogP contribution in [0.2, 0.25) is 10.0 Å². The van der Waals surface area contributed by atoms with Crippen molar-refractivity contribution in [3.63, 3.8) is 0 Å². The second-order valence-corrected chi connectivity index (χ2v) is 8.65. The smallest absolute Gasteiger partial charge is 0.252 e. The topological polar surface area (TPSA) is 84.7 Å². The fourth-order valence-electron chi connectivity index (χ4n) is 2.72. The van der Waals surface area contributed by atoms with Gasteiger partial charge in [-0.15, -0.1) is 0 Å². The molecule has 7 nitrogen and oxygen atoms in total. The molecule has 3 aromatic rings. The molecule has 154 valence electrons. The highest BCUT2D eigenvalue weighted by Gasteiger charge is 2.15. The van der Waals surface area contributed by atoms with E-state index in [9.17, 15) is 4.79 Å². The number of aromatic nitrogens is 4. The first-order valence-electron chi connectivity index (χ1n) is 9.25. The van der Waals surface area contributed by atoms with Gasteiger partial charge in [0.25, 0.3) is 5.91 Å². The minimum absolute atomic E-state index is 0.234. The molecule has 2 aromatic heterocycles. The van der Waals surface area contributed by atoms with Crippen LogP contribution in [-0.4, -0.2) is 44.0 Å². The van der Waals surface area contributed by atoms with E-state index in [1.54, 1.807) is 40.8 Å². The lowest BCUT2D eigenvalue weighted by Gasteiger charge is -2.12. The zero-order valence-electron chi connectivity index (χ0n) is 16.4. The molecular formula is C19H22Cl2N6OS. The largest absolute Gasteiger partial charge is 0.367 e. The van der Waals surface area contributed by atoms with E-state index in [2.05, 4.69) is 46.5 Å². The first-order valence-corrected chi connectivity index (χ1v) is 11.0. The van der Waals surface area contributed by atoms with Crippen LogP contribution >= 0.6 is 35.0 Å². The lowest BCUT2D eigenvalue weighted by atomic mass is 10.2. The summed E-state index contributed by atoms with van der Waals surface area (Å²) in [4.78, 5) is 21.6. The van der Waals surface area contributed by atoms with Crippen LogP contribution in [0.1, 0.15) is 31.1 Å². The minimum Gasteiger partial charge on any atom is -0.367 e. The van der Waals surface area contributed by atoms with E-state index >= 15 is 0 Å². The van der Waals surface area contributed by atoms with Crippen LogP contribution in [0.3, 0.4) is 0 Å². The Morgan fingerprint density at radius 2 is 2.07 bits per heavy atom. The number of amides is 1. The van der Waals surface area contributed by atoms with Crippen LogP contribution in [0.5, 0.6) is 0 Å². The van der Waals surface area contributed by atoms with Crippen molar-refractivity contribution in [2.24, 2.45) is 0 Å². The zero-order valence-corrected chi connectivity index (χ0v) is 18.7. The van der Waals surface area contributed by atoms with Gasteiger partial charge in [-0.2, -0.15) is 5.10 Å². The highest BCUT2D eigenvalue weighted by molar-refractivity contribution is 7.99. The number of anilines is 1. The quantitative estimate of drug-likeness (QED) is 0.386. The Morgan fingerprint density at radius 1 is 1.28 bits per heavy atom. The minimum atomic E-state index is -0.284. The normalized spacial score (nSPS) is 11.2. The Morgan fingerprint density at radius 3 is 2.79 bits per heavy atom. The van der Waals surface area contributed by atoms with E-state index in [4.69, 9.17) is 23.2 Å². The average Bonchev–Trinajstić information content (AvgIpc) is 3.07. The predicted molar refractivity (Wildman–Crippen MR) is 119 cm³/mol. The summed E-state index contributed by atoms with van der Waals surface area (Å²) in [6.45, 7) is 7.00. The molecule has 10 heteroatoms. The Kier molecular flexibility index (Phi) is 7.21. The van der Waals surface area contributed by atoms with E-state index in [-0.39, 0.29) is 11.9 Å². The van der Waals surface area contributed by atoms with Crippen LogP contribution < -0.4 is 10.6 Å². The number of nitrogens with one attached hydrogen (secondary N) is 2. The van der Waals surface area contributed by atoms with Crippen LogP contribution in [0.25, 0.3) is 11.0 Å². The van der Waals surface area contributed by atoms with Crippen LogP contribution in [0.4, 0.5) is 5.82 Å². The molecule has 0 bridgehead atoms. The summed E-state index contributed by atoms with van der Waals surface area (Å²) < 4.78 is 1.77. The third kappa shape index (κ3) is 5.32. The summed E-state index contributed by atoms with van der Waals surface area (Å²) in [5, 5.41) is 13.0. The van der Waals surface area contributed by atoms with Gasteiger partial charge in [0, 0.05) is 17.6 Å². The Labute approximate surface area is 183 Å². The van der Waals surface area contributed by atoms with Gasteiger partial charge in [-0.05, 0) is 37.8 Å². The standard InChI is InChI=1S/C19H22Cl2N6OS/c1-4-29-19-25-16(24-11(2)3)14-10-23-27(17(14)26-19)8-7-22-18(28)13-9-12(20)5-6-15(13)21/h5-6,9-11H,4,7-8H2,1-3H3,(H,22,28)(H,24,25,26). The maximum Gasteiger partial charge on any atom is 0.252 e. The number of fused-ring (bicyclic) bond motifs is 1. The lowest BCUT2D eigenvalue weighted by molar-refractivity contribution is 0.0952. The van der Waals surface area contributed by atoms with E-state index in [1.807, 2.05) is 0 Å². The van der Waals surface area contributed by atoms with Crippen molar-refractivity contribution in [3.8, 4) is 0 Å². The van der Waals surface area contributed by atoms with Crippen molar-refractivity contribution < 1.29 is 4.79 Å². The van der Waals surface area contributed by atoms with Gasteiger partial charge in [0.05, 0.1) is 28.7 Å². The van der Waals surface area contributed by atoms with Gasteiger partial charge in [0.2, 0.25) is 0 Å². The maximum atomic E-state index is 12.4. The highest BCUT2D eigenvalue weighted by atomic mass is 35.5. The summed E-state index contributed by atoms with van der Waals surface area (Å²) in [5.74, 6) is 1.35. The molecule has 0 atom stereocenters. The van der Waals surface area contributed by atoms with E-state index in [0.717, 1.165) is 22.6 Å². The molecule has 1 amide bonds. The molecule has 0 aliphatic carbocycles. The number of nitrogens with zero attached hydrogens (tertiary/aromatic N) is 4. The molecular weight excluding hydrogens is 431 g/mol. The number of hydrogen-bond acceptors (Lipinski definition) is 6. The van der Waals surface area contributed by atoms with E-state index < -0.39 is 0 Å². The molecule has 2 heterocycles. The van der Waals surface area contributed by atoms with Gasteiger partial charge < -0.3 is 10.6 Å². The Bertz CT molecular complexity index is 1020. The summed E-state index contributed by atoms with van der Waals surface area (Å²) >= 11 is 13.6. The van der Waals surface area contributed by atoms with Crippen LogP contribution in [0.15, 0.2) is 29.6 Å². The molecule has 0 saturated carbocycles. The first kappa shape index (κ1) is 21.7. The zero-order chi connectivity index (χ0) is 21.0. The predicted octanol–water partition coefficient (Wildman–Crippen LogP) is 4.50. The SMILES string of the molecule is CCSc1nc(NC(C)C)c2cnn(CCNC(=O)c3cc(Cl)ccc3Cl)c2n1. The third-order valence-corrected chi connectivity index (χ3v) is 5.25. The van der Waals surface area contributed by atoms with Crippen LogP contribution in [0, 0.1) is 0 Å². The summed E-state index contributed by atoms with van der Waals surface area (Å²) in [7, 11) is 0. The molecule has 0 fully saturated rings. The Balaban J connectivity index is 1.77. The van der Waals surface area contributed by atoms with E-state index in [1.165, 1.54) is 0 Å². The third-order valence-electron chi connectivity index (χ3n) is 3.96. The molecule has 3 rings (SSSR count). The molecule has 0 spiro atoms. The molecule has 0 unspecified atom stereocenters. The maximum absolute atomic E-state index is 12.4. The van der Waals surface area contributed by atoms with Crippen molar-refractivity contribution in [2.75, 3.05) is 17.6 Å². The van der Waals surface area contributed by atoms with E-state index in [0.29, 0.717) is 33.9 Å². The molecule has 1 aromatic carbocycles. The lowest BCUT2D eigenvalue weighted by Crippen LogP contribution is -2.27. The Hall–Kier alpha value is -2.03. The average molecular weight is 453 g/mol.